The molecule has 2 rings (SSSR count). The molecule has 2 N–H and O–H groups in total. The lowest BCUT2D eigenvalue weighted by Crippen LogP contribution is -2.39. The summed E-state index contributed by atoms with van der Waals surface area (Å²) < 4.78 is 10.5. The van der Waals surface area contributed by atoms with E-state index in [1.165, 1.54) is 0 Å². The Morgan fingerprint density at radius 1 is 1.35 bits per heavy atom. The van der Waals surface area contributed by atoms with Crippen LogP contribution in [0.5, 0.6) is 5.75 Å². The molecule has 0 aliphatic rings. The second-order valence-corrected chi connectivity index (χ2v) is 5.44. The van der Waals surface area contributed by atoms with E-state index in [1.807, 2.05) is 38.1 Å². The van der Waals surface area contributed by atoms with E-state index >= 15 is 0 Å². The van der Waals surface area contributed by atoms with Crippen LogP contribution in [0.4, 0.5) is 5.88 Å². The standard InChI is InChI=1S/C17H23N3O3/c1-5-22-15-8-6-7-14(10-15)12(3)18-13(4)17(21)19-16-9-11(2)20-23-16/h6-10,12-13,18H,5H2,1-4H3,(H,19,21)/t12-,13-/m0/s1. The lowest BCUT2D eigenvalue weighted by Gasteiger charge is -2.20. The van der Waals surface area contributed by atoms with Gasteiger partial charge in [0.25, 0.3) is 0 Å². The van der Waals surface area contributed by atoms with Crippen LogP contribution in [0.3, 0.4) is 0 Å². The van der Waals surface area contributed by atoms with Crippen molar-refractivity contribution in [3.05, 3.63) is 41.6 Å². The van der Waals surface area contributed by atoms with Crippen LogP contribution in [0.15, 0.2) is 34.9 Å². The van der Waals surface area contributed by atoms with Gasteiger partial charge in [0, 0.05) is 12.1 Å². The van der Waals surface area contributed by atoms with Gasteiger partial charge in [0.1, 0.15) is 5.75 Å². The number of nitrogens with zero attached hydrogens (tertiary/aromatic N) is 1. The molecular formula is C17H23N3O3. The average molecular weight is 317 g/mol. The van der Waals surface area contributed by atoms with E-state index in [4.69, 9.17) is 9.26 Å². The van der Waals surface area contributed by atoms with Crippen molar-refractivity contribution >= 4 is 11.8 Å². The molecule has 0 unspecified atom stereocenters. The predicted molar refractivity (Wildman–Crippen MR) is 88.5 cm³/mol. The highest BCUT2D eigenvalue weighted by Crippen LogP contribution is 2.19. The Morgan fingerprint density at radius 2 is 2.13 bits per heavy atom. The molecule has 0 fully saturated rings. The van der Waals surface area contributed by atoms with Crippen molar-refractivity contribution in [2.75, 3.05) is 11.9 Å². The van der Waals surface area contributed by atoms with Crippen LogP contribution >= 0.6 is 0 Å². The third-order valence-corrected chi connectivity index (χ3v) is 3.44. The SMILES string of the molecule is CCOc1cccc([C@H](C)N[C@@H](C)C(=O)Nc2cc(C)no2)c1. The first-order chi connectivity index (χ1) is 11.0. The number of carbonyl (C=O) groups is 1. The molecular weight excluding hydrogens is 294 g/mol. The van der Waals surface area contributed by atoms with E-state index < -0.39 is 0 Å². The summed E-state index contributed by atoms with van der Waals surface area (Å²) in [4.78, 5) is 12.2. The van der Waals surface area contributed by atoms with Gasteiger partial charge < -0.3 is 9.26 Å². The maximum Gasteiger partial charge on any atom is 0.243 e. The molecule has 0 radical (unpaired) electrons. The van der Waals surface area contributed by atoms with Gasteiger partial charge in [0.15, 0.2) is 0 Å². The molecule has 1 aromatic heterocycles. The van der Waals surface area contributed by atoms with Gasteiger partial charge in [-0.15, -0.1) is 0 Å². The molecule has 124 valence electrons. The van der Waals surface area contributed by atoms with Crippen LogP contribution in [0.2, 0.25) is 0 Å². The maximum atomic E-state index is 12.2. The Hall–Kier alpha value is -2.34. The maximum absolute atomic E-state index is 12.2. The van der Waals surface area contributed by atoms with Crippen molar-refractivity contribution in [2.45, 2.75) is 39.8 Å². The van der Waals surface area contributed by atoms with Gasteiger partial charge in [-0.25, -0.2) is 0 Å². The minimum absolute atomic E-state index is 0.00705. The third-order valence-electron chi connectivity index (χ3n) is 3.44. The molecule has 0 saturated carbocycles. The summed E-state index contributed by atoms with van der Waals surface area (Å²) in [5.74, 6) is 1.01. The zero-order chi connectivity index (χ0) is 16.8. The number of aryl methyl sites for hydroxylation is 1. The molecule has 2 atom stereocenters. The highest BCUT2D eigenvalue weighted by Gasteiger charge is 2.18. The van der Waals surface area contributed by atoms with Crippen LogP contribution in [0, 0.1) is 6.92 Å². The fourth-order valence-corrected chi connectivity index (χ4v) is 2.24. The number of anilines is 1. The van der Waals surface area contributed by atoms with E-state index in [2.05, 4.69) is 15.8 Å². The molecule has 0 spiro atoms. The zero-order valence-electron chi connectivity index (χ0n) is 13.9. The number of ether oxygens (including phenoxy) is 1. The molecule has 1 amide bonds. The minimum atomic E-state index is -0.383. The number of aromatic nitrogens is 1. The summed E-state index contributed by atoms with van der Waals surface area (Å²) in [7, 11) is 0. The topological polar surface area (TPSA) is 76.4 Å². The molecule has 23 heavy (non-hydrogen) atoms. The number of amides is 1. The Labute approximate surface area is 136 Å². The van der Waals surface area contributed by atoms with Crippen molar-refractivity contribution < 1.29 is 14.1 Å². The highest BCUT2D eigenvalue weighted by molar-refractivity contribution is 5.93. The number of carbonyl (C=O) groups excluding carboxylic acids is 1. The summed E-state index contributed by atoms with van der Waals surface area (Å²) in [5.41, 5.74) is 1.79. The Morgan fingerprint density at radius 3 is 2.78 bits per heavy atom. The summed E-state index contributed by atoms with van der Waals surface area (Å²) in [6, 6.07) is 9.15. The molecule has 0 aliphatic heterocycles. The fraction of sp³-hybridized carbons (Fsp3) is 0.412. The summed E-state index contributed by atoms with van der Waals surface area (Å²) >= 11 is 0. The third kappa shape index (κ3) is 4.82. The zero-order valence-corrected chi connectivity index (χ0v) is 13.9. The minimum Gasteiger partial charge on any atom is -0.494 e. The number of nitrogens with one attached hydrogen (secondary N) is 2. The van der Waals surface area contributed by atoms with Gasteiger partial charge >= 0.3 is 0 Å². The van der Waals surface area contributed by atoms with E-state index in [0.29, 0.717) is 12.5 Å². The molecule has 1 heterocycles. The molecule has 2 aromatic rings. The smallest absolute Gasteiger partial charge is 0.243 e. The number of hydrogen-bond acceptors (Lipinski definition) is 5. The summed E-state index contributed by atoms with van der Waals surface area (Å²) in [5, 5.41) is 9.70. The quantitative estimate of drug-likeness (QED) is 0.821. The predicted octanol–water partition coefficient (Wildman–Crippen LogP) is 3.06. The largest absolute Gasteiger partial charge is 0.494 e. The number of rotatable bonds is 7. The molecule has 0 bridgehead atoms. The Balaban J connectivity index is 1.94. The van der Waals surface area contributed by atoms with Crippen LogP contribution in [0.1, 0.15) is 38.1 Å². The first-order valence-electron chi connectivity index (χ1n) is 7.72. The summed E-state index contributed by atoms with van der Waals surface area (Å²) in [6.45, 7) is 8.19. The van der Waals surface area contributed by atoms with Crippen LogP contribution in [-0.2, 0) is 4.79 Å². The fourth-order valence-electron chi connectivity index (χ4n) is 2.24. The van der Waals surface area contributed by atoms with E-state index in [1.54, 1.807) is 19.9 Å². The van der Waals surface area contributed by atoms with Gasteiger partial charge in [0.05, 0.1) is 18.3 Å². The first-order valence-corrected chi connectivity index (χ1v) is 7.72. The van der Waals surface area contributed by atoms with Gasteiger partial charge in [-0.1, -0.05) is 17.3 Å². The molecule has 1 aromatic carbocycles. The lowest BCUT2D eigenvalue weighted by molar-refractivity contribution is -0.118. The average Bonchev–Trinajstić information content (AvgIpc) is 2.92. The van der Waals surface area contributed by atoms with Crippen molar-refractivity contribution in [3.8, 4) is 5.75 Å². The van der Waals surface area contributed by atoms with E-state index in [9.17, 15) is 4.79 Å². The number of hydrogen-bond donors (Lipinski definition) is 2. The second-order valence-electron chi connectivity index (χ2n) is 5.44. The second kappa shape index (κ2) is 7.78. The van der Waals surface area contributed by atoms with Crippen molar-refractivity contribution in [3.63, 3.8) is 0 Å². The van der Waals surface area contributed by atoms with Crippen molar-refractivity contribution in [1.29, 1.82) is 0 Å². The van der Waals surface area contributed by atoms with E-state index in [0.717, 1.165) is 17.0 Å². The first kappa shape index (κ1) is 17.0. The summed E-state index contributed by atoms with van der Waals surface area (Å²) in [6.07, 6.45) is 0. The van der Waals surface area contributed by atoms with E-state index in [-0.39, 0.29) is 18.0 Å². The molecule has 6 nitrogen and oxygen atoms in total. The normalized spacial score (nSPS) is 13.4. The lowest BCUT2D eigenvalue weighted by atomic mass is 10.1. The Kier molecular flexibility index (Phi) is 5.76. The Bertz CT molecular complexity index is 654. The number of benzene rings is 1. The van der Waals surface area contributed by atoms with Crippen LogP contribution in [0.25, 0.3) is 0 Å². The monoisotopic (exact) mass is 317 g/mol. The van der Waals surface area contributed by atoms with Crippen LogP contribution in [-0.4, -0.2) is 23.7 Å². The molecule has 6 heteroatoms. The van der Waals surface area contributed by atoms with Gasteiger partial charge in [0.2, 0.25) is 11.8 Å². The highest BCUT2D eigenvalue weighted by atomic mass is 16.5. The van der Waals surface area contributed by atoms with Gasteiger partial charge in [-0.2, -0.15) is 0 Å². The molecule has 0 saturated heterocycles. The van der Waals surface area contributed by atoms with Crippen molar-refractivity contribution in [1.82, 2.24) is 10.5 Å². The van der Waals surface area contributed by atoms with Gasteiger partial charge in [-0.3, -0.25) is 15.4 Å². The van der Waals surface area contributed by atoms with Gasteiger partial charge in [-0.05, 0) is 45.4 Å². The molecule has 0 aliphatic carbocycles. The van der Waals surface area contributed by atoms with Crippen LogP contribution < -0.4 is 15.4 Å². The van der Waals surface area contributed by atoms with Crippen molar-refractivity contribution in [2.24, 2.45) is 0 Å².